The molecule has 2 aliphatic heterocycles. The Kier molecular flexibility index (Phi) is 7.25. The van der Waals surface area contributed by atoms with Crippen molar-refractivity contribution in [3.63, 3.8) is 0 Å². The lowest BCUT2D eigenvalue weighted by Gasteiger charge is -2.38. The molecule has 4 rings (SSSR count). The molecule has 1 unspecified atom stereocenters. The standard InChI is InChI=1S/C25H38N2O2/c1-20-6-2-3-7-22(20)12-16-26-14-10-21(11-15-26)18-27(24-8-4-5-9-24)25(28)23-13-17-29-19-23/h2-3,6-7,21,23-24H,4-5,8-19H2,1H3. The van der Waals surface area contributed by atoms with E-state index >= 15 is 0 Å². The van der Waals surface area contributed by atoms with E-state index in [2.05, 4.69) is 41.0 Å². The summed E-state index contributed by atoms with van der Waals surface area (Å²) in [6.07, 6.45) is 9.49. The zero-order valence-corrected chi connectivity index (χ0v) is 18.2. The highest BCUT2D eigenvalue weighted by molar-refractivity contribution is 5.79. The third kappa shape index (κ3) is 5.40. The number of hydrogen-bond donors (Lipinski definition) is 0. The summed E-state index contributed by atoms with van der Waals surface area (Å²) in [5.74, 6) is 1.16. The minimum absolute atomic E-state index is 0.116. The van der Waals surface area contributed by atoms with Gasteiger partial charge >= 0.3 is 0 Å². The summed E-state index contributed by atoms with van der Waals surface area (Å²) >= 11 is 0. The van der Waals surface area contributed by atoms with E-state index in [1.807, 2.05) is 0 Å². The molecule has 0 aromatic heterocycles. The Balaban J connectivity index is 1.27. The number of nitrogens with zero attached hydrogens (tertiary/aromatic N) is 2. The summed E-state index contributed by atoms with van der Waals surface area (Å²) in [7, 11) is 0. The van der Waals surface area contributed by atoms with Crippen molar-refractivity contribution in [2.24, 2.45) is 11.8 Å². The number of aryl methyl sites for hydroxylation is 1. The summed E-state index contributed by atoms with van der Waals surface area (Å²) < 4.78 is 5.51. The van der Waals surface area contributed by atoms with Crippen molar-refractivity contribution in [1.82, 2.24) is 9.80 Å². The maximum absolute atomic E-state index is 13.2. The van der Waals surface area contributed by atoms with Gasteiger partial charge in [0.25, 0.3) is 0 Å². The fourth-order valence-corrected chi connectivity index (χ4v) is 5.44. The number of carbonyl (C=O) groups is 1. The van der Waals surface area contributed by atoms with Gasteiger partial charge in [-0.25, -0.2) is 0 Å². The van der Waals surface area contributed by atoms with Crippen molar-refractivity contribution in [3.05, 3.63) is 35.4 Å². The summed E-state index contributed by atoms with van der Waals surface area (Å²) in [6, 6.07) is 9.24. The second kappa shape index (κ2) is 10.1. The number of benzene rings is 1. The van der Waals surface area contributed by atoms with E-state index in [4.69, 9.17) is 4.74 Å². The molecule has 0 spiro atoms. The van der Waals surface area contributed by atoms with Gasteiger partial charge in [0.15, 0.2) is 0 Å². The number of likely N-dealkylation sites (tertiary alicyclic amines) is 1. The summed E-state index contributed by atoms with van der Waals surface area (Å²) in [6.45, 7) is 8.10. The average Bonchev–Trinajstić information content (AvgIpc) is 3.46. The quantitative estimate of drug-likeness (QED) is 0.694. The number of ether oxygens (including phenoxy) is 1. The number of rotatable bonds is 7. The van der Waals surface area contributed by atoms with E-state index in [1.165, 1.54) is 62.7 Å². The topological polar surface area (TPSA) is 32.8 Å². The van der Waals surface area contributed by atoms with Crippen molar-refractivity contribution in [2.75, 3.05) is 39.4 Å². The maximum Gasteiger partial charge on any atom is 0.228 e. The van der Waals surface area contributed by atoms with Crippen LogP contribution in [0, 0.1) is 18.8 Å². The highest BCUT2D eigenvalue weighted by Crippen LogP contribution is 2.29. The van der Waals surface area contributed by atoms with E-state index in [9.17, 15) is 4.79 Å². The molecule has 1 atom stereocenters. The molecule has 29 heavy (non-hydrogen) atoms. The Morgan fingerprint density at radius 1 is 1.10 bits per heavy atom. The van der Waals surface area contributed by atoms with Gasteiger partial charge in [0.1, 0.15) is 0 Å². The van der Waals surface area contributed by atoms with Gasteiger partial charge in [-0.2, -0.15) is 0 Å². The normalized spacial score (nSPS) is 24.2. The molecule has 0 N–H and O–H groups in total. The van der Waals surface area contributed by atoms with Crippen LogP contribution in [0.5, 0.6) is 0 Å². The van der Waals surface area contributed by atoms with Crippen LogP contribution in [0.15, 0.2) is 24.3 Å². The molecule has 3 fully saturated rings. The van der Waals surface area contributed by atoms with Crippen LogP contribution in [0.3, 0.4) is 0 Å². The second-order valence-electron chi connectivity index (χ2n) is 9.45. The molecule has 2 heterocycles. The van der Waals surface area contributed by atoms with Crippen LogP contribution >= 0.6 is 0 Å². The van der Waals surface area contributed by atoms with Gasteiger partial charge in [0.05, 0.1) is 12.5 Å². The van der Waals surface area contributed by atoms with Crippen molar-refractivity contribution in [3.8, 4) is 0 Å². The predicted octanol–water partition coefficient (Wildman–Crippen LogP) is 4.06. The Hall–Kier alpha value is -1.39. The monoisotopic (exact) mass is 398 g/mol. The smallest absolute Gasteiger partial charge is 0.228 e. The van der Waals surface area contributed by atoms with Gasteiger partial charge < -0.3 is 14.5 Å². The van der Waals surface area contributed by atoms with Crippen LogP contribution < -0.4 is 0 Å². The summed E-state index contributed by atoms with van der Waals surface area (Å²) in [5, 5.41) is 0. The van der Waals surface area contributed by atoms with E-state index in [0.717, 1.165) is 32.5 Å². The first-order chi connectivity index (χ1) is 14.2. The fraction of sp³-hybridized carbons (Fsp3) is 0.720. The Bertz CT molecular complexity index is 657. The van der Waals surface area contributed by atoms with Gasteiger partial charge in [0.2, 0.25) is 5.91 Å². The SMILES string of the molecule is Cc1ccccc1CCN1CCC(CN(C(=O)C2CCOC2)C2CCCC2)CC1. The molecule has 1 saturated carbocycles. The zero-order valence-electron chi connectivity index (χ0n) is 18.2. The van der Waals surface area contributed by atoms with Gasteiger partial charge in [-0.15, -0.1) is 0 Å². The molecule has 0 bridgehead atoms. The van der Waals surface area contributed by atoms with Crippen LogP contribution in [0.4, 0.5) is 0 Å². The third-order valence-electron chi connectivity index (χ3n) is 7.45. The Morgan fingerprint density at radius 3 is 2.55 bits per heavy atom. The molecular weight excluding hydrogens is 360 g/mol. The van der Waals surface area contributed by atoms with E-state index in [0.29, 0.717) is 24.5 Å². The van der Waals surface area contributed by atoms with Gasteiger partial charge in [-0.05, 0) is 75.6 Å². The number of hydrogen-bond acceptors (Lipinski definition) is 3. The molecule has 1 aromatic rings. The molecule has 160 valence electrons. The molecule has 3 aliphatic rings. The van der Waals surface area contributed by atoms with Crippen molar-refractivity contribution >= 4 is 5.91 Å². The molecule has 1 amide bonds. The number of piperidine rings is 1. The first-order valence-electron chi connectivity index (χ1n) is 11.9. The third-order valence-corrected chi connectivity index (χ3v) is 7.45. The minimum Gasteiger partial charge on any atom is -0.381 e. The van der Waals surface area contributed by atoms with E-state index in [1.54, 1.807) is 0 Å². The highest BCUT2D eigenvalue weighted by Gasteiger charge is 2.35. The van der Waals surface area contributed by atoms with E-state index in [-0.39, 0.29) is 5.92 Å². The van der Waals surface area contributed by atoms with Crippen molar-refractivity contribution < 1.29 is 9.53 Å². The zero-order chi connectivity index (χ0) is 20.1. The molecule has 1 aromatic carbocycles. The Morgan fingerprint density at radius 2 is 1.86 bits per heavy atom. The molecule has 4 heteroatoms. The number of carbonyl (C=O) groups excluding carboxylic acids is 1. The van der Waals surface area contributed by atoms with Crippen LogP contribution in [0.25, 0.3) is 0 Å². The second-order valence-corrected chi connectivity index (χ2v) is 9.45. The maximum atomic E-state index is 13.2. The molecule has 0 radical (unpaired) electrons. The Labute approximate surface area is 176 Å². The van der Waals surface area contributed by atoms with Gasteiger partial charge in [-0.3, -0.25) is 4.79 Å². The van der Waals surface area contributed by atoms with E-state index < -0.39 is 0 Å². The fourth-order valence-electron chi connectivity index (χ4n) is 5.44. The van der Waals surface area contributed by atoms with Crippen LogP contribution in [-0.2, 0) is 16.0 Å². The van der Waals surface area contributed by atoms with Crippen LogP contribution in [0.1, 0.15) is 56.1 Å². The lowest BCUT2D eigenvalue weighted by atomic mass is 9.94. The first-order valence-corrected chi connectivity index (χ1v) is 11.9. The average molecular weight is 399 g/mol. The molecule has 2 saturated heterocycles. The van der Waals surface area contributed by atoms with Crippen molar-refractivity contribution in [2.45, 2.75) is 64.3 Å². The summed E-state index contributed by atoms with van der Waals surface area (Å²) in [4.78, 5) is 18.1. The molecule has 4 nitrogen and oxygen atoms in total. The largest absolute Gasteiger partial charge is 0.381 e. The van der Waals surface area contributed by atoms with Gasteiger partial charge in [0, 0.05) is 25.7 Å². The molecule has 1 aliphatic carbocycles. The lowest BCUT2D eigenvalue weighted by molar-refractivity contribution is -0.138. The van der Waals surface area contributed by atoms with Crippen molar-refractivity contribution in [1.29, 1.82) is 0 Å². The van der Waals surface area contributed by atoms with Gasteiger partial charge in [-0.1, -0.05) is 37.1 Å². The lowest BCUT2D eigenvalue weighted by Crippen LogP contribution is -2.47. The van der Waals surface area contributed by atoms with Crippen LogP contribution in [0.2, 0.25) is 0 Å². The minimum atomic E-state index is 0.116. The molecular formula is C25H38N2O2. The first kappa shape index (κ1) is 20.9. The highest BCUT2D eigenvalue weighted by atomic mass is 16.5. The number of amides is 1. The predicted molar refractivity (Wildman–Crippen MR) is 117 cm³/mol. The summed E-state index contributed by atoms with van der Waals surface area (Å²) in [5.41, 5.74) is 2.88. The van der Waals surface area contributed by atoms with Crippen LogP contribution in [-0.4, -0.2) is 61.1 Å².